The van der Waals surface area contributed by atoms with Crippen LogP contribution in [0.5, 0.6) is 0 Å². The summed E-state index contributed by atoms with van der Waals surface area (Å²) in [6, 6.07) is 10.4. The minimum atomic E-state index is 0. The van der Waals surface area contributed by atoms with Crippen molar-refractivity contribution in [3.05, 3.63) is 36.5 Å². The number of halogens is 1. The summed E-state index contributed by atoms with van der Waals surface area (Å²) in [7, 11) is 0. The Balaban J connectivity index is 0.00000128. The standard InChI is InChI=1S/C12H14N2S.HI/c1-3-14-11(9-13-12(14)15-2)10-7-5-4-6-8-10;/h4-9H,3H2,1-2H3;1H. The zero-order valence-corrected chi connectivity index (χ0v) is 12.5. The number of nitrogens with zero attached hydrogens (tertiary/aromatic N) is 2. The van der Waals surface area contributed by atoms with Gasteiger partial charge >= 0.3 is 0 Å². The molecule has 1 heterocycles. The number of imidazole rings is 1. The second-order valence-corrected chi connectivity index (χ2v) is 4.01. The maximum Gasteiger partial charge on any atom is 0.168 e. The molecule has 0 unspecified atom stereocenters. The van der Waals surface area contributed by atoms with E-state index in [0.717, 1.165) is 11.7 Å². The van der Waals surface area contributed by atoms with Crippen molar-refractivity contribution < 1.29 is 0 Å². The highest BCUT2D eigenvalue weighted by molar-refractivity contribution is 14.0. The van der Waals surface area contributed by atoms with Gasteiger partial charge in [-0.1, -0.05) is 42.1 Å². The van der Waals surface area contributed by atoms with Gasteiger partial charge in [-0.05, 0) is 18.7 Å². The Morgan fingerprint density at radius 3 is 2.50 bits per heavy atom. The average Bonchev–Trinajstić information content (AvgIpc) is 2.72. The van der Waals surface area contributed by atoms with Crippen LogP contribution in [0.1, 0.15) is 6.92 Å². The van der Waals surface area contributed by atoms with Crippen LogP contribution in [0.4, 0.5) is 0 Å². The molecule has 0 radical (unpaired) electrons. The fraction of sp³-hybridized carbons (Fsp3) is 0.250. The van der Waals surface area contributed by atoms with E-state index in [1.165, 1.54) is 11.3 Å². The summed E-state index contributed by atoms with van der Waals surface area (Å²) in [5, 5.41) is 1.08. The second-order valence-electron chi connectivity index (χ2n) is 3.24. The van der Waals surface area contributed by atoms with Gasteiger partial charge in [0.15, 0.2) is 5.16 Å². The minimum Gasteiger partial charge on any atom is -0.319 e. The third-order valence-electron chi connectivity index (χ3n) is 2.39. The van der Waals surface area contributed by atoms with Crippen LogP contribution in [-0.4, -0.2) is 15.8 Å². The molecule has 86 valence electrons. The molecule has 0 aliphatic heterocycles. The summed E-state index contributed by atoms with van der Waals surface area (Å²) in [6.45, 7) is 3.11. The zero-order chi connectivity index (χ0) is 10.7. The van der Waals surface area contributed by atoms with E-state index >= 15 is 0 Å². The van der Waals surface area contributed by atoms with Crippen molar-refractivity contribution in [2.24, 2.45) is 0 Å². The molecule has 0 spiro atoms. The first-order valence-electron chi connectivity index (χ1n) is 5.01. The molecule has 16 heavy (non-hydrogen) atoms. The monoisotopic (exact) mass is 346 g/mol. The third kappa shape index (κ3) is 2.60. The Hall–Kier alpha value is -0.490. The van der Waals surface area contributed by atoms with Gasteiger partial charge in [0.25, 0.3) is 0 Å². The van der Waals surface area contributed by atoms with Crippen LogP contribution in [0.3, 0.4) is 0 Å². The molecule has 2 aromatic rings. The molecule has 0 aliphatic rings. The Labute approximate surface area is 117 Å². The molecule has 2 rings (SSSR count). The SMILES string of the molecule is CCn1c(-c2ccccc2)cnc1SC.I. The summed E-state index contributed by atoms with van der Waals surface area (Å²) in [5.41, 5.74) is 2.43. The van der Waals surface area contributed by atoms with E-state index in [-0.39, 0.29) is 24.0 Å². The first-order chi connectivity index (χ1) is 7.36. The molecule has 1 aromatic carbocycles. The van der Waals surface area contributed by atoms with E-state index < -0.39 is 0 Å². The Kier molecular flexibility index (Phi) is 5.34. The highest BCUT2D eigenvalue weighted by Gasteiger charge is 2.08. The van der Waals surface area contributed by atoms with Crippen LogP contribution in [0.2, 0.25) is 0 Å². The lowest BCUT2D eigenvalue weighted by atomic mass is 10.2. The van der Waals surface area contributed by atoms with E-state index in [1.54, 1.807) is 11.8 Å². The lowest BCUT2D eigenvalue weighted by Gasteiger charge is -2.07. The summed E-state index contributed by atoms with van der Waals surface area (Å²) in [6.07, 6.45) is 4.01. The Morgan fingerprint density at radius 1 is 1.25 bits per heavy atom. The highest BCUT2D eigenvalue weighted by atomic mass is 127. The number of hydrogen-bond acceptors (Lipinski definition) is 2. The van der Waals surface area contributed by atoms with Crippen LogP contribution in [0.15, 0.2) is 41.7 Å². The summed E-state index contributed by atoms with van der Waals surface area (Å²) < 4.78 is 2.24. The van der Waals surface area contributed by atoms with Crippen molar-refractivity contribution in [3.8, 4) is 11.3 Å². The molecular weight excluding hydrogens is 331 g/mol. The van der Waals surface area contributed by atoms with E-state index in [0.29, 0.717) is 0 Å². The van der Waals surface area contributed by atoms with Crippen LogP contribution in [-0.2, 0) is 6.54 Å². The van der Waals surface area contributed by atoms with Crippen LogP contribution >= 0.6 is 35.7 Å². The van der Waals surface area contributed by atoms with Crippen LogP contribution in [0.25, 0.3) is 11.3 Å². The second kappa shape index (κ2) is 6.30. The lowest BCUT2D eigenvalue weighted by Crippen LogP contribution is -1.98. The molecule has 0 saturated heterocycles. The van der Waals surface area contributed by atoms with E-state index in [1.807, 2.05) is 12.3 Å². The molecule has 0 bridgehead atoms. The number of rotatable bonds is 3. The van der Waals surface area contributed by atoms with Gasteiger partial charge in [-0.25, -0.2) is 4.98 Å². The van der Waals surface area contributed by atoms with Crippen molar-refractivity contribution >= 4 is 35.7 Å². The maximum absolute atomic E-state index is 4.41. The van der Waals surface area contributed by atoms with Gasteiger partial charge in [0, 0.05) is 6.54 Å². The molecule has 0 amide bonds. The number of hydrogen-bond donors (Lipinski definition) is 0. The largest absolute Gasteiger partial charge is 0.319 e. The van der Waals surface area contributed by atoms with Crippen molar-refractivity contribution in [3.63, 3.8) is 0 Å². The molecule has 2 nitrogen and oxygen atoms in total. The van der Waals surface area contributed by atoms with Gasteiger partial charge in [0.1, 0.15) is 0 Å². The molecule has 1 aromatic heterocycles. The fourth-order valence-corrected chi connectivity index (χ4v) is 2.27. The number of aromatic nitrogens is 2. The van der Waals surface area contributed by atoms with Gasteiger partial charge in [0.2, 0.25) is 0 Å². The van der Waals surface area contributed by atoms with Crippen molar-refractivity contribution in [2.75, 3.05) is 6.26 Å². The predicted octanol–water partition coefficient (Wildman–Crippen LogP) is 3.91. The maximum atomic E-state index is 4.41. The summed E-state index contributed by atoms with van der Waals surface area (Å²) in [5.74, 6) is 0. The summed E-state index contributed by atoms with van der Waals surface area (Å²) in [4.78, 5) is 4.41. The fourth-order valence-electron chi connectivity index (χ4n) is 1.67. The van der Waals surface area contributed by atoms with Gasteiger partial charge in [0.05, 0.1) is 11.9 Å². The van der Waals surface area contributed by atoms with Gasteiger partial charge < -0.3 is 4.57 Å². The number of benzene rings is 1. The molecule has 0 N–H and O–H groups in total. The van der Waals surface area contributed by atoms with Crippen molar-refractivity contribution in [2.45, 2.75) is 18.6 Å². The first-order valence-corrected chi connectivity index (χ1v) is 6.24. The molecule has 0 fully saturated rings. The van der Waals surface area contributed by atoms with E-state index in [4.69, 9.17) is 0 Å². The smallest absolute Gasteiger partial charge is 0.168 e. The van der Waals surface area contributed by atoms with Crippen molar-refractivity contribution in [1.29, 1.82) is 0 Å². The van der Waals surface area contributed by atoms with Crippen LogP contribution < -0.4 is 0 Å². The number of thioether (sulfide) groups is 1. The quantitative estimate of drug-likeness (QED) is 0.620. The normalized spacial score (nSPS) is 9.88. The van der Waals surface area contributed by atoms with E-state index in [2.05, 4.69) is 47.0 Å². The molecule has 0 aliphatic carbocycles. The van der Waals surface area contributed by atoms with Crippen LogP contribution in [0, 0.1) is 0 Å². The van der Waals surface area contributed by atoms with Gasteiger partial charge in [-0.3, -0.25) is 0 Å². The summed E-state index contributed by atoms with van der Waals surface area (Å²) >= 11 is 1.69. The highest BCUT2D eigenvalue weighted by Crippen LogP contribution is 2.24. The topological polar surface area (TPSA) is 17.8 Å². The molecule has 4 heteroatoms. The van der Waals surface area contributed by atoms with E-state index in [9.17, 15) is 0 Å². The molecule has 0 saturated carbocycles. The lowest BCUT2D eigenvalue weighted by molar-refractivity contribution is 0.688. The molecular formula is C12H15IN2S. The minimum absolute atomic E-state index is 0. The first kappa shape index (κ1) is 13.6. The van der Waals surface area contributed by atoms with Gasteiger partial charge in [-0.2, -0.15) is 0 Å². The third-order valence-corrected chi connectivity index (χ3v) is 3.08. The Bertz CT molecular complexity index is 440. The predicted molar refractivity (Wildman–Crippen MR) is 80.5 cm³/mol. The van der Waals surface area contributed by atoms with Crippen molar-refractivity contribution in [1.82, 2.24) is 9.55 Å². The molecule has 0 atom stereocenters. The zero-order valence-electron chi connectivity index (χ0n) is 9.38. The average molecular weight is 346 g/mol. The van der Waals surface area contributed by atoms with Gasteiger partial charge in [-0.15, -0.1) is 24.0 Å². The Morgan fingerprint density at radius 2 is 1.94 bits per heavy atom.